The number of furan rings is 1. The van der Waals surface area contributed by atoms with Gasteiger partial charge in [-0.15, -0.1) is 0 Å². The van der Waals surface area contributed by atoms with Crippen LogP contribution in [0.2, 0.25) is 0 Å². The van der Waals surface area contributed by atoms with Crippen molar-refractivity contribution in [2.24, 2.45) is 0 Å². The SMILES string of the molecule is CCc1nc2c(cnn2CC)c(NC2CCOCC2)c1CNC(=O)c1oc(C(=O)NCc2ccc(F)c(-c3cccc(CN4CCN[C@@H](C)C4)c3)c2)c2c1OCCO2. The predicted octanol–water partition coefficient (Wildman–Crippen LogP) is 5.43. The maximum absolute atomic E-state index is 15.2. The van der Waals surface area contributed by atoms with Gasteiger partial charge in [-0.1, -0.05) is 31.2 Å². The Kier molecular flexibility index (Phi) is 11.9. The van der Waals surface area contributed by atoms with E-state index >= 15 is 4.39 Å². The van der Waals surface area contributed by atoms with Crippen LogP contribution in [-0.4, -0.2) is 89.6 Å². The number of ether oxygens (including phenoxy) is 3. The Labute approximate surface area is 336 Å². The van der Waals surface area contributed by atoms with Crippen LogP contribution in [0.3, 0.4) is 0 Å². The third-order valence-corrected chi connectivity index (χ3v) is 11.0. The molecule has 306 valence electrons. The van der Waals surface area contributed by atoms with Crippen molar-refractivity contribution in [3.63, 3.8) is 0 Å². The molecule has 3 aliphatic heterocycles. The van der Waals surface area contributed by atoms with Crippen LogP contribution in [0.5, 0.6) is 11.5 Å². The first-order chi connectivity index (χ1) is 28.3. The zero-order valence-corrected chi connectivity index (χ0v) is 33.3. The van der Waals surface area contributed by atoms with Gasteiger partial charge in [0, 0.05) is 87.9 Å². The van der Waals surface area contributed by atoms with Crippen LogP contribution in [0.4, 0.5) is 10.1 Å². The van der Waals surface area contributed by atoms with Gasteiger partial charge in [-0.2, -0.15) is 5.10 Å². The minimum Gasteiger partial charge on any atom is -0.483 e. The van der Waals surface area contributed by atoms with Gasteiger partial charge in [-0.3, -0.25) is 14.5 Å². The van der Waals surface area contributed by atoms with Crippen LogP contribution in [-0.2, 0) is 37.3 Å². The average Bonchev–Trinajstić information content (AvgIpc) is 3.85. The maximum atomic E-state index is 15.2. The smallest absolute Gasteiger partial charge is 0.291 e. The fraction of sp³-hybridized carbons (Fsp3) is 0.442. The number of rotatable bonds is 13. The highest BCUT2D eigenvalue weighted by molar-refractivity contribution is 6.01. The van der Waals surface area contributed by atoms with Gasteiger partial charge >= 0.3 is 0 Å². The molecule has 4 N–H and O–H groups in total. The van der Waals surface area contributed by atoms with Gasteiger partial charge in [0.2, 0.25) is 23.0 Å². The number of halogens is 1. The summed E-state index contributed by atoms with van der Waals surface area (Å²) in [5.41, 5.74) is 6.35. The lowest BCUT2D eigenvalue weighted by atomic mass is 10.00. The fourth-order valence-electron chi connectivity index (χ4n) is 8.02. The summed E-state index contributed by atoms with van der Waals surface area (Å²) >= 11 is 0. The lowest BCUT2D eigenvalue weighted by Crippen LogP contribution is -2.48. The standard InChI is InChI=1S/C43H51FN8O6/c1-4-35-32(36(49-30-11-15-55-16-12-30)33-23-48-52(5-2)41(33)50-35)22-47-43(54)40-38-37(56-17-18-57-38)39(58-40)42(53)46-21-27-9-10-34(44)31(20-27)29-8-6-7-28(19-29)25-51-14-13-45-26(3)24-51/h6-10,19-20,23,26,30,45H,4-5,11-18,21-22,24-25H2,1-3H3,(H,46,53)(H,47,54)(H,49,50)/t26-/m0/s1. The zero-order valence-electron chi connectivity index (χ0n) is 33.3. The second-order valence-electron chi connectivity index (χ2n) is 15.1. The second kappa shape index (κ2) is 17.5. The fourth-order valence-corrected chi connectivity index (χ4v) is 8.02. The Morgan fingerprint density at radius 3 is 2.43 bits per heavy atom. The van der Waals surface area contributed by atoms with Crippen molar-refractivity contribution >= 4 is 28.5 Å². The molecule has 2 amide bonds. The van der Waals surface area contributed by atoms with Crippen LogP contribution >= 0.6 is 0 Å². The van der Waals surface area contributed by atoms with Crippen molar-refractivity contribution < 1.29 is 32.6 Å². The third-order valence-electron chi connectivity index (χ3n) is 11.0. The molecule has 0 saturated carbocycles. The number of carbonyl (C=O) groups is 2. The molecule has 0 bridgehead atoms. The number of nitrogens with one attached hydrogen (secondary N) is 4. The molecule has 0 aliphatic carbocycles. The quantitative estimate of drug-likeness (QED) is 0.121. The highest BCUT2D eigenvalue weighted by Gasteiger charge is 2.34. The van der Waals surface area contributed by atoms with E-state index in [0.29, 0.717) is 43.3 Å². The molecule has 8 rings (SSSR count). The molecular formula is C43H51FN8O6. The van der Waals surface area contributed by atoms with E-state index in [0.717, 1.165) is 78.1 Å². The monoisotopic (exact) mass is 794 g/mol. The number of hydrogen-bond donors (Lipinski definition) is 4. The van der Waals surface area contributed by atoms with E-state index in [-0.39, 0.29) is 61.2 Å². The van der Waals surface area contributed by atoms with Crippen molar-refractivity contribution in [1.29, 1.82) is 0 Å². The normalized spacial score (nSPS) is 17.3. The lowest BCUT2D eigenvalue weighted by molar-refractivity contribution is 0.0895. The Bertz CT molecular complexity index is 2280. The van der Waals surface area contributed by atoms with Crippen molar-refractivity contribution in [1.82, 2.24) is 35.6 Å². The van der Waals surface area contributed by atoms with Crippen molar-refractivity contribution in [2.45, 2.75) is 78.3 Å². The van der Waals surface area contributed by atoms with E-state index < -0.39 is 11.8 Å². The Hall–Kier alpha value is -5.51. The van der Waals surface area contributed by atoms with E-state index in [1.54, 1.807) is 12.1 Å². The molecule has 5 aromatic rings. The van der Waals surface area contributed by atoms with Crippen LogP contribution in [0, 0.1) is 5.82 Å². The van der Waals surface area contributed by atoms with Crippen molar-refractivity contribution in [3.8, 4) is 22.6 Å². The van der Waals surface area contributed by atoms with Crippen LogP contribution < -0.4 is 30.7 Å². The minimum atomic E-state index is -0.599. The molecular weight excluding hydrogens is 744 g/mol. The van der Waals surface area contributed by atoms with E-state index in [1.807, 2.05) is 42.9 Å². The zero-order chi connectivity index (χ0) is 40.2. The van der Waals surface area contributed by atoms with Gasteiger partial charge in [-0.25, -0.2) is 14.1 Å². The van der Waals surface area contributed by atoms with E-state index in [2.05, 4.69) is 44.3 Å². The highest BCUT2D eigenvalue weighted by atomic mass is 19.1. The number of piperazine rings is 1. The lowest BCUT2D eigenvalue weighted by Gasteiger charge is -2.31. The first-order valence-corrected chi connectivity index (χ1v) is 20.3. The van der Waals surface area contributed by atoms with Gasteiger partial charge in [-0.05, 0) is 68.0 Å². The third kappa shape index (κ3) is 8.38. The number of fused-ring (bicyclic) bond motifs is 2. The molecule has 0 unspecified atom stereocenters. The number of amides is 2. The average molecular weight is 795 g/mol. The Balaban J connectivity index is 0.985. The number of benzene rings is 2. The summed E-state index contributed by atoms with van der Waals surface area (Å²) in [6.45, 7) is 12.5. The summed E-state index contributed by atoms with van der Waals surface area (Å²) in [4.78, 5) is 34.9. The summed E-state index contributed by atoms with van der Waals surface area (Å²) < 4.78 is 40.4. The number of anilines is 1. The van der Waals surface area contributed by atoms with Crippen molar-refractivity contribution in [2.75, 3.05) is 51.4 Å². The van der Waals surface area contributed by atoms with Gasteiger partial charge in [0.05, 0.1) is 17.3 Å². The van der Waals surface area contributed by atoms with E-state index in [4.69, 9.17) is 23.6 Å². The number of nitrogens with zero attached hydrogens (tertiary/aromatic N) is 4. The molecule has 14 nitrogen and oxygen atoms in total. The molecule has 3 aliphatic rings. The molecule has 0 spiro atoms. The maximum Gasteiger partial charge on any atom is 0.291 e. The predicted molar refractivity (Wildman–Crippen MR) is 217 cm³/mol. The van der Waals surface area contributed by atoms with Gasteiger partial charge in [0.15, 0.2) is 5.65 Å². The van der Waals surface area contributed by atoms with Gasteiger partial charge in [0.1, 0.15) is 19.0 Å². The van der Waals surface area contributed by atoms with Crippen LogP contribution in [0.15, 0.2) is 53.1 Å². The molecule has 6 heterocycles. The molecule has 2 saturated heterocycles. The van der Waals surface area contributed by atoms with Gasteiger partial charge in [0.25, 0.3) is 11.8 Å². The number of carbonyl (C=O) groups excluding carboxylic acids is 2. The largest absolute Gasteiger partial charge is 0.483 e. The Morgan fingerprint density at radius 1 is 0.948 bits per heavy atom. The highest BCUT2D eigenvalue weighted by Crippen LogP contribution is 2.40. The molecule has 1 atom stereocenters. The molecule has 2 aromatic carbocycles. The topological polar surface area (TPSA) is 157 Å². The van der Waals surface area contributed by atoms with Gasteiger partial charge < -0.3 is 39.9 Å². The summed E-state index contributed by atoms with van der Waals surface area (Å²) in [6, 6.07) is 13.3. The summed E-state index contributed by atoms with van der Waals surface area (Å²) in [5, 5.41) is 18.5. The molecule has 58 heavy (non-hydrogen) atoms. The van der Waals surface area contributed by atoms with E-state index in [1.165, 1.54) is 6.07 Å². The molecule has 15 heteroatoms. The van der Waals surface area contributed by atoms with Crippen molar-refractivity contribution in [3.05, 3.63) is 88.4 Å². The molecule has 2 fully saturated rings. The Morgan fingerprint density at radius 2 is 1.71 bits per heavy atom. The minimum absolute atomic E-state index is 0.0653. The number of aryl methyl sites for hydroxylation is 2. The number of hydrogen-bond acceptors (Lipinski definition) is 11. The first kappa shape index (κ1) is 39.3. The number of aromatic nitrogens is 3. The summed E-state index contributed by atoms with van der Waals surface area (Å²) in [7, 11) is 0. The van der Waals surface area contributed by atoms with E-state index in [9.17, 15) is 9.59 Å². The molecule has 3 aromatic heterocycles. The van der Waals surface area contributed by atoms with Crippen LogP contribution in [0.25, 0.3) is 22.2 Å². The first-order valence-electron chi connectivity index (χ1n) is 20.3. The summed E-state index contributed by atoms with van der Waals surface area (Å²) in [5.74, 6) is -1.72. The second-order valence-corrected chi connectivity index (χ2v) is 15.1. The summed E-state index contributed by atoms with van der Waals surface area (Å²) in [6.07, 6.45) is 4.16. The number of pyridine rings is 1. The molecule has 0 radical (unpaired) electrons. The van der Waals surface area contributed by atoms with Crippen LogP contribution in [0.1, 0.15) is 77.1 Å².